The Hall–Kier alpha value is -1.31. The van der Waals surface area contributed by atoms with Crippen molar-refractivity contribution in [3.8, 4) is 17.5 Å². The van der Waals surface area contributed by atoms with Gasteiger partial charge in [-0.1, -0.05) is 0 Å². The van der Waals surface area contributed by atoms with Crippen molar-refractivity contribution in [3.63, 3.8) is 0 Å². The number of phosphoric ester groups is 1. The first-order chi connectivity index (χ1) is 15.5. The average Bonchev–Trinajstić information content (AvgIpc) is 3.04. The van der Waals surface area contributed by atoms with Gasteiger partial charge in [-0.25, -0.2) is 8.42 Å². The first-order valence-electron chi connectivity index (χ1n) is 9.38. The number of anilines is 1. The summed E-state index contributed by atoms with van der Waals surface area (Å²) in [6, 6.07) is 11.8. The zero-order valence-corrected chi connectivity index (χ0v) is 25.3. The number of ether oxygens (including phenoxy) is 2. The number of pyridine rings is 1. The molecule has 174 valence electrons. The van der Waals surface area contributed by atoms with Crippen LogP contribution in [0, 0.1) is 0 Å². The molecule has 0 aliphatic rings. The molecule has 0 aliphatic carbocycles. The predicted octanol–water partition coefficient (Wildman–Crippen LogP) is -4.24. The fraction of sp³-hybridized carbons (Fsp3) is 0.150. The Balaban J connectivity index is 0.00000216. The third kappa shape index (κ3) is 6.34. The Bertz CT molecular complexity index is 1540. The Labute approximate surface area is 245 Å². The molecular formula is C20H18N3Na2O8PS. The molecule has 11 nitrogen and oxygen atoms in total. The molecule has 2 aromatic heterocycles. The molecule has 4 rings (SSSR count). The van der Waals surface area contributed by atoms with Crippen molar-refractivity contribution < 1.29 is 95.9 Å². The van der Waals surface area contributed by atoms with Crippen LogP contribution in [0.5, 0.6) is 17.5 Å². The molecule has 0 saturated heterocycles. The molecule has 4 aromatic rings. The van der Waals surface area contributed by atoms with Gasteiger partial charge in [-0.05, 0) is 36.4 Å². The fourth-order valence-electron chi connectivity index (χ4n) is 3.50. The molecule has 15 heteroatoms. The Morgan fingerprint density at radius 3 is 2.29 bits per heavy atom. The number of aryl methyl sites for hydroxylation is 1. The van der Waals surface area contributed by atoms with Crippen LogP contribution in [0.25, 0.3) is 21.8 Å². The third-order valence-corrected chi connectivity index (χ3v) is 6.76. The number of aromatic nitrogens is 2. The van der Waals surface area contributed by atoms with E-state index in [0.29, 0.717) is 21.8 Å². The number of nitrogens with one attached hydrogen (secondary N) is 1. The van der Waals surface area contributed by atoms with E-state index in [0.717, 1.165) is 0 Å². The van der Waals surface area contributed by atoms with E-state index in [2.05, 4.69) is 14.2 Å². The second kappa shape index (κ2) is 11.4. The van der Waals surface area contributed by atoms with Crippen LogP contribution in [0.4, 0.5) is 5.69 Å². The van der Waals surface area contributed by atoms with Gasteiger partial charge in [-0.15, -0.1) is 0 Å². The van der Waals surface area contributed by atoms with Gasteiger partial charge in [0, 0.05) is 35.5 Å². The normalized spacial score (nSPS) is 11.5. The molecule has 0 atom stereocenters. The van der Waals surface area contributed by atoms with Gasteiger partial charge in [-0.3, -0.25) is 4.72 Å². The topological polar surface area (TPSA) is 155 Å². The number of sulfonamides is 1. The minimum atomic E-state index is -5.21. The van der Waals surface area contributed by atoms with E-state index in [1.807, 2.05) is 0 Å². The minimum absolute atomic E-state index is 0. The SMILES string of the molecule is COc1ccc(NS(=O)(=O)c2ccc3c(c2)c2ccc(OP(=O)([O-])[O-])cc2n3C)c(OC)n1.[Na+].[Na+]. The standard InChI is InChI=1S/C20H20N3O8PS.2Na/c1-23-17-8-5-13(33(27,28)22-16-7-9-19(29-2)21-20(16)30-3)11-15(17)14-6-4-12(10-18(14)23)31-32(24,25)26;;/h4-11,22H,1-3H3,(H2,24,25,26);;/q;2*+1/p-2. The summed E-state index contributed by atoms with van der Waals surface area (Å²) in [5.41, 5.74) is 1.38. The molecule has 2 aromatic carbocycles. The van der Waals surface area contributed by atoms with E-state index in [9.17, 15) is 22.8 Å². The summed E-state index contributed by atoms with van der Waals surface area (Å²) in [4.78, 5) is 25.9. The number of nitrogens with zero attached hydrogens (tertiary/aromatic N) is 2. The Kier molecular flexibility index (Phi) is 9.73. The van der Waals surface area contributed by atoms with Crippen LogP contribution in [0.3, 0.4) is 0 Å². The smallest absolute Gasteiger partial charge is 0.780 e. The summed E-state index contributed by atoms with van der Waals surface area (Å²) in [6.45, 7) is 0. The largest absolute Gasteiger partial charge is 1.00 e. The van der Waals surface area contributed by atoms with E-state index in [1.165, 1.54) is 50.6 Å². The van der Waals surface area contributed by atoms with E-state index in [-0.39, 0.29) is 87.2 Å². The Morgan fingerprint density at radius 2 is 1.66 bits per heavy atom. The maximum absolute atomic E-state index is 13.1. The summed E-state index contributed by atoms with van der Waals surface area (Å²) in [7, 11) is -4.71. The molecule has 1 N–H and O–H groups in total. The maximum atomic E-state index is 13.1. The quantitative estimate of drug-likeness (QED) is 0.182. The van der Waals surface area contributed by atoms with Gasteiger partial charge >= 0.3 is 59.1 Å². The summed E-state index contributed by atoms with van der Waals surface area (Å²) >= 11 is 0. The second-order valence-corrected chi connectivity index (χ2v) is 9.73. The van der Waals surface area contributed by atoms with Crippen molar-refractivity contribution in [2.24, 2.45) is 7.05 Å². The number of fused-ring (bicyclic) bond motifs is 3. The number of rotatable bonds is 7. The van der Waals surface area contributed by atoms with Crippen LogP contribution in [0.2, 0.25) is 0 Å². The molecule has 0 amide bonds. The van der Waals surface area contributed by atoms with Gasteiger partial charge < -0.3 is 32.9 Å². The van der Waals surface area contributed by atoms with Crippen LogP contribution in [0.15, 0.2) is 53.4 Å². The van der Waals surface area contributed by atoms with Crippen molar-refractivity contribution in [3.05, 3.63) is 48.5 Å². The second-order valence-electron chi connectivity index (χ2n) is 6.97. The van der Waals surface area contributed by atoms with E-state index < -0.39 is 17.8 Å². The first kappa shape index (κ1) is 29.9. The van der Waals surface area contributed by atoms with Crippen LogP contribution in [0.1, 0.15) is 0 Å². The van der Waals surface area contributed by atoms with Gasteiger partial charge in [-0.2, -0.15) is 4.98 Å². The number of hydrogen-bond acceptors (Lipinski definition) is 9. The number of hydrogen-bond donors (Lipinski definition) is 1. The molecule has 0 spiro atoms. The first-order valence-corrected chi connectivity index (χ1v) is 12.3. The summed E-state index contributed by atoms with van der Waals surface area (Å²) in [6.07, 6.45) is 0. The zero-order valence-electron chi connectivity index (χ0n) is 19.6. The van der Waals surface area contributed by atoms with Gasteiger partial charge in [0.05, 0.1) is 24.6 Å². The molecule has 0 aliphatic heterocycles. The van der Waals surface area contributed by atoms with Crippen molar-refractivity contribution in [2.75, 3.05) is 18.9 Å². The third-order valence-electron chi connectivity index (χ3n) is 4.96. The molecule has 0 saturated carbocycles. The van der Waals surface area contributed by atoms with Crippen molar-refractivity contribution in [1.29, 1.82) is 0 Å². The molecule has 2 heterocycles. The predicted molar refractivity (Wildman–Crippen MR) is 117 cm³/mol. The maximum Gasteiger partial charge on any atom is 1.00 e. The molecule has 35 heavy (non-hydrogen) atoms. The monoisotopic (exact) mass is 537 g/mol. The fourth-order valence-corrected chi connectivity index (χ4v) is 4.95. The van der Waals surface area contributed by atoms with Crippen molar-refractivity contribution in [2.45, 2.75) is 4.90 Å². The van der Waals surface area contributed by atoms with Crippen LogP contribution in [-0.4, -0.2) is 32.2 Å². The van der Waals surface area contributed by atoms with Gasteiger partial charge in [0.15, 0.2) is 0 Å². The molecule has 0 radical (unpaired) electrons. The van der Waals surface area contributed by atoms with E-state index in [4.69, 9.17) is 9.47 Å². The average molecular weight is 537 g/mol. The molecule has 0 unspecified atom stereocenters. The summed E-state index contributed by atoms with van der Waals surface area (Å²) in [5, 5.41) is 1.25. The van der Waals surface area contributed by atoms with Crippen molar-refractivity contribution in [1.82, 2.24) is 9.55 Å². The van der Waals surface area contributed by atoms with Crippen molar-refractivity contribution >= 4 is 45.3 Å². The Morgan fingerprint density at radius 1 is 0.943 bits per heavy atom. The molecular weight excluding hydrogens is 519 g/mol. The van der Waals surface area contributed by atoms with Gasteiger partial charge in [0.1, 0.15) is 19.3 Å². The number of phosphoric acid groups is 1. The zero-order chi connectivity index (χ0) is 24.0. The number of benzene rings is 2. The van der Waals surface area contributed by atoms with Crippen LogP contribution < -0.4 is 87.6 Å². The van der Waals surface area contributed by atoms with Crippen LogP contribution >= 0.6 is 7.82 Å². The number of methoxy groups -OCH3 is 2. The molecule has 0 bridgehead atoms. The van der Waals surface area contributed by atoms with Gasteiger partial charge in [0.25, 0.3) is 10.0 Å². The van der Waals surface area contributed by atoms with Crippen LogP contribution in [-0.2, 0) is 21.6 Å². The molecule has 0 fully saturated rings. The minimum Gasteiger partial charge on any atom is -0.780 e. The summed E-state index contributed by atoms with van der Waals surface area (Å²) in [5.74, 6) is 0.182. The summed E-state index contributed by atoms with van der Waals surface area (Å²) < 4.78 is 55.9. The van der Waals surface area contributed by atoms with Gasteiger partial charge in [0.2, 0.25) is 11.8 Å². The van der Waals surface area contributed by atoms with E-state index in [1.54, 1.807) is 23.7 Å². The van der Waals surface area contributed by atoms with E-state index >= 15 is 0 Å².